The van der Waals surface area contributed by atoms with Crippen molar-refractivity contribution in [2.24, 2.45) is 0 Å². The maximum atomic E-state index is 14.9. The van der Waals surface area contributed by atoms with Crippen molar-refractivity contribution in [3.63, 3.8) is 0 Å². The smallest absolute Gasteiger partial charge is 0.153 e. The van der Waals surface area contributed by atoms with Crippen LogP contribution in [0.4, 0.5) is 4.39 Å². The Kier molecular flexibility index (Phi) is 4.69. The van der Waals surface area contributed by atoms with Crippen molar-refractivity contribution < 1.29 is 4.39 Å². The molecular formula is C15FN5S4. The van der Waals surface area contributed by atoms with Gasteiger partial charge in [-0.1, -0.05) is 47.0 Å². The Morgan fingerprint density at radius 1 is 0.640 bits per heavy atom. The lowest BCUT2D eigenvalue weighted by molar-refractivity contribution is 0.559. The Morgan fingerprint density at radius 3 is 1.32 bits per heavy atom. The molecule has 0 aromatic heterocycles. The number of halogens is 1. The van der Waals surface area contributed by atoms with Gasteiger partial charge in [0.05, 0.1) is 23.8 Å². The minimum atomic E-state index is -0.575. The summed E-state index contributed by atoms with van der Waals surface area (Å²) in [4.78, 5) is 1.07. The minimum Gasteiger partial charge on any atom is -0.204 e. The van der Waals surface area contributed by atoms with E-state index in [0.717, 1.165) is 47.0 Å². The van der Waals surface area contributed by atoms with E-state index < -0.39 is 5.82 Å². The molecule has 0 fully saturated rings. The van der Waals surface area contributed by atoms with E-state index in [-0.39, 0.29) is 26.5 Å². The number of nitriles is 5. The Balaban J connectivity index is 2.22. The molecule has 0 atom stereocenters. The Hall–Kier alpha value is -2.52. The fraction of sp³-hybridized carbons (Fsp3) is 0. The van der Waals surface area contributed by atoms with Crippen LogP contribution in [-0.2, 0) is 0 Å². The summed E-state index contributed by atoms with van der Waals surface area (Å²) in [5.41, 5.74) is -0.0459. The number of hydrogen-bond acceptors (Lipinski definition) is 9. The number of fused-ring (bicyclic) bond motifs is 2. The first-order valence-corrected chi connectivity index (χ1v) is 9.46. The maximum absolute atomic E-state index is 14.9. The van der Waals surface area contributed by atoms with Crippen LogP contribution in [0.3, 0.4) is 0 Å². The summed E-state index contributed by atoms with van der Waals surface area (Å²) in [5, 5.41) is 45.5. The second kappa shape index (κ2) is 6.77. The summed E-state index contributed by atoms with van der Waals surface area (Å²) in [6.45, 7) is 0. The minimum absolute atomic E-state index is 0.133. The highest BCUT2D eigenvalue weighted by molar-refractivity contribution is 8.25. The lowest BCUT2D eigenvalue weighted by Gasteiger charge is -2.06. The zero-order valence-electron chi connectivity index (χ0n) is 11.7. The topological polar surface area (TPSA) is 119 Å². The third kappa shape index (κ3) is 2.65. The van der Waals surface area contributed by atoms with Crippen molar-refractivity contribution in [1.82, 2.24) is 0 Å². The van der Waals surface area contributed by atoms with Gasteiger partial charge in [-0.25, -0.2) is 4.39 Å². The van der Waals surface area contributed by atoms with Crippen molar-refractivity contribution >= 4 is 47.0 Å². The van der Waals surface area contributed by atoms with Crippen LogP contribution in [0.15, 0.2) is 39.2 Å². The highest BCUT2D eigenvalue weighted by atomic mass is 32.2. The van der Waals surface area contributed by atoms with E-state index in [0.29, 0.717) is 18.3 Å². The lowest BCUT2D eigenvalue weighted by atomic mass is 10.2. The summed E-state index contributed by atoms with van der Waals surface area (Å²) in [6.07, 6.45) is 0. The highest BCUT2D eigenvalue weighted by Crippen LogP contribution is 2.62. The van der Waals surface area contributed by atoms with E-state index in [9.17, 15) is 9.65 Å². The molecule has 25 heavy (non-hydrogen) atoms. The Bertz CT molecular complexity index is 1000. The summed E-state index contributed by atoms with van der Waals surface area (Å²) in [7, 11) is 0. The molecule has 5 nitrogen and oxygen atoms in total. The molecule has 1 aromatic rings. The Morgan fingerprint density at radius 2 is 1.00 bits per heavy atom. The van der Waals surface area contributed by atoms with Crippen LogP contribution in [0, 0.1) is 62.5 Å². The molecule has 2 aliphatic heterocycles. The molecule has 0 unspecified atom stereocenters. The first-order chi connectivity index (χ1) is 12.1. The molecule has 0 N–H and O–H groups in total. The SMILES string of the molecule is N#CC(C#N)=C1Sc2c(F)c3c(c(C#N)c2S1)SC(=C(C#N)C#N)S3. The molecule has 0 spiro atoms. The van der Waals surface area contributed by atoms with Gasteiger partial charge in [0.25, 0.3) is 0 Å². The quantitative estimate of drug-likeness (QED) is 0.578. The van der Waals surface area contributed by atoms with Crippen molar-refractivity contribution in [3.05, 3.63) is 31.0 Å². The summed E-state index contributed by atoms with van der Waals surface area (Å²) >= 11 is 3.90. The third-order valence-corrected chi connectivity index (χ3v) is 8.23. The number of nitrogens with zero attached hydrogens (tertiary/aromatic N) is 5. The zero-order chi connectivity index (χ0) is 18.1. The van der Waals surface area contributed by atoms with Gasteiger partial charge in [0.15, 0.2) is 5.82 Å². The normalized spacial score (nSPS) is 13.6. The van der Waals surface area contributed by atoms with Crippen LogP contribution < -0.4 is 0 Å². The highest BCUT2D eigenvalue weighted by Gasteiger charge is 2.36. The van der Waals surface area contributed by atoms with Crippen LogP contribution in [-0.4, -0.2) is 0 Å². The number of allylic oxidation sites excluding steroid dienone is 2. The molecule has 10 heteroatoms. The van der Waals surface area contributed by atoms with E-state index in [4.69, 9.17) is 21.0 Å². The fourth-order valence-corrected chi connectivity index (χ4v) is 7.07. The molecule has 1 aromatic carbocycles. The molecule has 0 saturated heterocycles. The van der Waals surface area contributed by atoms with Gasteiger partial charge in [-0.2, -0.15) is 26.3 Å². The van der Waals surface area contributed by atoms with Gasteiger partial charge in [-0.15, -0.1) is 0 Å². The van der Waals surface area contributed by atoms with Crippen molar-refractivity contribution in [2.45, 2.75) is 19.6 Å². The lowest BCUT2D eigenvalue weighted by Crippen LogP contribution is -1.91. The van der Waals surface area contributed by atoms with Gasteiger partial charge in [0.1, 0.15) is 41.5 Å². The summed E-state index contributed by atoms with van der Waals surface area (Å²) in [5.74, 6) is -0.575. The van der Waals surface area contributed by atoms with E-state index in [1.165, 1.54) is 0 Å². The predicted molar refractivity (Wildman–Crippen MR) is 91.0 cm³/mol. The summed E-state index contributed by atoms with van der Waals surface area (Å²) < 4.78 is 15.6. The van der Waals surface area contributed by atoms with Gasteiger partial charge in [-0.05, 0) is 0 Å². The number of benzene rings is 1. The molecular weight excluding hydrogens is 397 g/mol. The molecule has 2 aliphatic rings. The van der Waals surface area contributed by atoms with Crippen molar-refractivity contribution in [1.29, 1.82) is 26.3 Å². The standard InChI is InChI=1S/C15FN5S4/c16-9-12-10(22-14(24-12)6(1-17)2-18)8(5-21)11-13(9)25-15(23-11)7(3-19)4-20. The fourth-order valence-electron chi connectivity index (χ4n) is 1.96. The predicted octanol–water partition coefficient (Wildman–Crippen LogP) is 4.61. The van der Waals surface area contributed by atoms with Gasteiger partial charge in [0, 0.05) is 9.79 Å². The first kappa shape index (κ1) is 17.3. The van der Waals surface area contributed by atoms with Gasteiger partial charge in [-0.3, -0.25) is 0 Å². The van der Waals surface area contributed by atoms with Crippen molar-refractivity contribution in [2.75, 3.05) is 0 Å². The number of rotatable bonds is 0. The van der Waals surface area contributed by atoms with E-state index >= 15 is 0 Å². The van der Waals surface area contributed by atoms with Crippen LogP contribution in [0.25, 0.3) is 0 Å². The van der Waals surface area contributed by atoms with Crippen LogP contribution >= 0.6 is 47.0 Å². The molecule has 0 aliphatic carbocycles. The Labute approximate surface area is 158 Å². The molecule has 0 radical (unpaired) electrons. The van der Waals surface area contributed by atoms with E-state index in [2.05, 4.69) is 0 Å². The monoisotopic (exact) mass is 397 g/mol. The van der Waals surface area contributed by atoms with Crippen LogP contribution in [0.1, 0.15) is 5.56 Å². The average Bonchev–Trinajstić information content (AvgIpc) is 3.23. The molecule has 116 valence electrons. The van der Waals surface area contributed by atoms with Crippen molar-refractivity contribution in [3.8, 4) is 30.3 Å². The second-order valence-corrected chi connectivity index (χ2v) is 8.90. The second-order valence-electron chi connectivity index (χ2n) is 4.30. The van der Waals surface area contributed by atoms with E-state index in [1.54, 1.807) is 24.3 Å². The van der Waals surface area contributed by atoms with Gasteiger partial charge < -0.3 is 0 Å². The first-order valence-electron chi connectivity index (χ1n) is 6.19. The van der Waals surface area contributed by atoms with Crippen LogP contribution in [0.2, 0.25) is 0 Å². The molecule has 0 saturated carbocycles. The van der Waals surface area contributed by atoms with Gasteiger partial charge >= 0.3 is 0 Å². The molecule has 0 bridgehead atoms. The largest absolute Gasteiger partial charge is 0.204 e. The molecule has 3 rings (SSSR count). The maximum Gasteiger partial charge on any atom is 0.153 e. The number of thioether (sulfide) groups is 4. The summed E-state index contributed by atoms with van der Waals surface area (Å²) in [6, 6.07) is 9.08. The molecule has 0 amide bonds. The van der Waals surface area contributed by atoms with Crippen LogP contribution in [0.5, 0.6) is 0 Å². The average molecular weight is 397 g/mol. The molecule has 2 heterocycles. The van der Waals surface area contributed by atoms with Gasteiger partial charge in [0.2, 0.25) is 0 Å². The third-order valence-electron chi connectivity index (χ3n) is 3.01. The van der Waals surface area contributed by atoms with E-state index in [1.807, 2.05) is 6.07 Å². The zero-order valence-corrected chi connectivity index (χ0v) is 15.0. The number of hydrogen-bond donors (Lipinski definition) is 0.